The first kappa shape index (κ1) is 21.4. The highest BCUT2D eigenvalue weighted by molar-refractivity contribution is 5.85. The van der Waals surface area contributed by atoms with Crippen LogP contribution in [0.1, 0.15) is 51.1 Å². The zero-order valence-corrected chi connectivity index (χ0v) is 18.0. The maximum absolute atomic E-state index is 12.1. The van der Waals surface area contributed by atoms with Gasteiger partial charge in [0.1, 0.15) is 17.9 Å². The average molecular weight is 403 g/mol. The van der Waals surface area contributed by atoms with Crippen molar-refractivity contribution >= 4 is 11.9 Å². The highest BCUT2D eigenvalue weighted by Gasteiger charge is 2.34. The van der Waals surface area contributed by atoms with E-state index in [2.05, 4.69) is 35.5 Å². The van der Waals surface area contributed by atoms with Gasteiger partial charge < -0.3 is 25.0 Å². The van der Waals surface area contributed by atoms with Crippen LogP contribution in [0.25, 0.3) is 0 Å². The van der Waals surface area contributed by atoms with Gasteiger partial charge >= 0.3 is 0 Å². The number of carbonyl (C=O) groups excluding carboxylic acids is 1. The number of fused-ring (bicyclic) bond motifs is 1. The number of hydrogen-bond donors (Lipinski definition) is 2. The number of benzene rings is 1. The lowest BCUT2D eigenvalue weighted by atomic mass is 9.90. The Labute approximate surface area is 173 Å². The monoisotopic (exact) mass is 402 g/mol. The summed E-state index contributed by atoms with van der Waals surface area (Å²) in [5.41, 5.74) is 0.817. The molecule has 1 saturated heterocycles. The average Bonchev–Trinajstić information content (AvgIpc) is 2.69. The van der Waals surface area contributed by atoms with Crippen LogP contribution in [0.5, 0.6) is 5.75 Å². The Morgan fingerprint density at radius 3 is 2.79 bits per heavy atom. The zero-order chi connectivity index (χ0) is 20.9. The van der Waals surface area contributed by atoms with Gasteiger partial charge in [0.15, 0.2) is 5.96 Å². The molecule has 160 valence electrons. The molecule has 0 radical (unpaired) electrons. The van der Waals surface area contributed by atoms with Crippen molar-refractivity contribution in [2.75, 3.05) is 33.8 Å². The number of likely N-dealkylation sites (N-methyl/N-ethyl adjacent to an activating group) is 1. The number of guanidine groups is 1. The van der Waals surface area contributed by atoms with Crippen molar-refractivity contribution in [3.05, 3.63) is 29.8 Å². The summed E-state index contributed by atoms with van der Waals surface area (Å²) in [6.07, 6.45) is 4.34. The minimum absolute atomic E-state index is 0.0345. The van der Waals surface area contributed by atoms with Gasteiger partial charge in [-0.2, -0.15) is 0 Å². The standard InChI is InChI=1S/C22H34N4O3/c1-22(2)13-18(17-10-5-6-11-19(17)29-22)25-21(24-15-20(27)26(3)4)23-14-16-9-7-8-12-28-16/h5-6,10-11,16,18H,7-9,12-15H2,1-4H3,(H2,23,24,25). The molecule has 0 saturated carbocycles. The van der Waals surface area contributed by atoms with E-state index in [4.69, 9.17) is 9.47 Å². The second-order valence-electron chi connectivity index (χ2n) is 8.62. The van der Waals surface area contributed by atoms with E-state index in [0.29, 0.717) is 12.5 Å². The molecule has 2 heterocycles. The minimum atomic E-state index is -0.289. The second-order valence-corrected chi connectivity index (χ2v) is 8.62. The summed E-state index contributed by atoms with van der Waals surface area (Å²) < 4.78 is 12.0. The van der Waals surface area contributed by atoms with E-state index in [1.165, 1.54) is 6.42 Å². The van der Waals surface area contributed by atoms with Crippen molar-refractivity contribution in [2.24, 2.45) is 4.99 Å². The fourth-order valence-corrected chi connectivity index (χ4v) is 3.72. The number of aliphatic imine (C=N–C) groups is 1. The van der Waals surface area contributed by atoms with Gasteiger partial charge in [-0.15, -0.1) is 0 Å². The fraction of sp³-hybridized carbons (Fsp3) is 0.636. The molecular weight excluding hydrogens is 368 g/mol. The summed E-state index contributed by atoms with van der Waals surface area (Å²) >= 11 is 0. The minimum Gasteiger partial charge on any atom is -0.487 e. The molecule has 2 N–H and O–H groups in total. The van der Waals surface area contributed by atoms with Crippen molar-refractivity contribution < 1.29 is 14.3 Å². The molecule has 2 aliphatic heterocycles. The Morgan fingerprint density at radius 1 is 1.28 bits per heavy atom. The molecule has 2 unspecified atom stereocenters. The third-order valence-corrected chi connectivity index (χ3v) is 5.33. The van der Waals surface area contributed by atoms with Crippen LogP contribution in [0.2, 0.25) is 0 Å². The van der Waals surface area contributed by atoms with Crippen molar-refractivity contribution in [1.29, 1.82) is 0 Å². The molecule has 1 aromatic rings. The summed E-state index contributed by atoms with van der Waals surface area (Å²) in [4.78, 5) is 18.2. The molecule has 1 fully saturated rings. The van der Waals surface area contributed by atoms with Crippen LogP contribution in [0.4, 0.5) is 0 Å². The van der Waals surface area contributed by atoms with E-state index >= 15 is 0 Å². The number of nitrogens with one attached hydrogen (secondary N) is 2. The summed E-state index contributed by atoms with van der Waals surface area (Å²) in [6, 6.07) is 8.13. The Morgan fingerprint density at radius 2 is 2.07 bits per heavy atom. The van der Waals surface area contributed by atoms with Crippen LogP contribution >= 0.6 is 0 Å². The van der Waals surface area contributed by atoms with Crippen molar-refractivity contribution in [3.8, 4) is 5.75 Å². The number of para-hydroxylation sites is 1. The first-order chi connectivity index (χ1) is 13.8. The maximum Gasteiger partial charge on any atom is 0.243 e. The Kier molecular flexibility index (Phi) is 7.00. The molecule has 7 heteroatoms. The van der Waals surface area contributed by atoms with Crippen LogP contribution in [-0.2, 0) is 9.53 Å². The molecule has 2 aliphatic rings. The van der Waals surface area contributed by atoms with Crippen LogP contribution in [0, 0.1) is 0 Å². The van der Waals surface area contributed by atoms with Crippen LogP contribution in [0.3, 0.4) is 0 Å². The third-order valence-electron chi connectivity index (χ3n) is 5.33. The van der Waals surface area contributed by atoms with Crippen molar-refractivity contribution in [1.82, 2.24) is 15.5 Å². The molecule has 7 nitrogen and oxygen atoms in total. The molecule has 29 heavy (non-hydrogen) atoms. The summed E-state index contributed by atoms with van der Waals surface area (Å²) in [7, 11) is 3.48. The lowest BCUT2D eigenvalue weighted by Gasteiger charge is -2.38. The topological polar surface area (TPSA) is 75.2 Å². The number of amides is 1. The Hall–Kier alpha value is -2.28. The van der Waals surface area contributed by atoms with Gasteiger partial charge in [0, 0.05) is 39.2 Å². The van der Waals surface area contributed by atoms with E-state index in [1.54, 1.807) is 19.0 Å². The fourth-order valence-electron chi connectivity index (χ4n) is 3.72. The van der Waals surface area contributed by atoms with Gasteiger partial charge in [-0.05, 0) is 39.2 Å². The highest BCUT2D eigenvalue weighted by atomic mass is 16.5. The molecule has 0 bridgehead atoms. The van der Waals surface area contributed by atoms with Crippen LogP contribution in [-0.4, -0.2) is 62.3 Å². The van der Waals surface area contributed by atoms with Gasteiger partial charge in [0.2, 0.25) is 5.91 Å². The first-order valence-electron chi connectivity index (χ1n) is 10.5. The van der Waals surface area contributed by atoms with E-state index in [1.807, 2.05) is 18.2 Å². The maximum atomic E-state index is 12.1. The number of nitrogens with zero attached hydrogens (tertiary/aromatic N) is 2. The van der Waals surface area contributed by atoms with E-state index < -0.39 is 0 Å². The van der Waals surface area contributed by atoms with Gasteiger partial charge in [0.05, 0.1) is 12.1 Å². The largest absolute Gasteiger partial charge is 0.487 e. The number of ether oxygens (including phenoxy) is 2. The quantitative estimate of drug-likeness (QED) is 0.585. The predicted molar refractivity (Wildman–Crippen MR) is 114 cm³/mol. The number of carbonyl (C=O) groups is 1. The Bertz CT molecular complexity index is 727. The SMILES string of the molecule is CN(C)C(=O)CN=C(NCC1CCCCO1)NC1CC(C)(C)Oc2ccccc21. The smallest absolute Gasteiger partial charge is 0.243 e. The van der Waals surface area contributed by atoms with Crippen LogP contribution < -0.4 is 15.4 Å². The van der Waals surface area contributed by atoms with E-state index in [9.17, 15) is 4.79 Å². The van der Waals surface area contributed by atoms with E-state index in [0.717, 1.165) is 37.2 Å². The summed E-state index contributed by atoms with van der Waals surface area (Å²) in [5.74, 6) is 1.49. The van der Waals surface area contributed by atoms with Crippen molar-refractivity contribution in [2.45, 2.75) is 57.3 Å². The molecule has 0 aliphatic carbocycles. The van der Waals surface area contributed by atoms with Gasteiger partial charge in [-0.1, -0.05) is 18.2 Å². The summed E-state index contributed by atoms with van der Waals surface area (Å²) in [6.45, 7) is 5.77. The second kappa shape index (κ2) is 9.48. The van der Waals surface area contributed by atoms with Gasteiger partial charge in [-0.25, -0.2) is 4.99 Å². The normalized spacial score (nSPS) is 23.5. The highest BCUT2D eigenvalue weighted by Crippen LogP contribution is 2.39. The number of rotatable bonds is 5. The Balaban J connectivity index is 1.74. The molecule has 1 aromatic carbocycles. The van der Waals surface area contributed by atoms with Gasteiger partial charge in [-0.3, -0.25) is 4.79 Å². The predicted octanol–water partition coefficient (Wildman–Crippen LogP) is 2.48. The lowest BCUT2D eigenvalue weighted by molar-refractivity contribution is -0.127. The molecule has 2 atom stereocenters. The number of hydrogen-bond acceptors (Lipinski definition) is 4. The summed E-state index contributed by atoms with van der Waals surface area (Å²) in [5, 5.41) is 6.93. The van der Waals surface area contributed by atoms with Gasteiger partial charge in [0.25, 0.3) is 0 Å². The van der Waals surface area contributed by atoms with E-state index in [-0.39, 0.29) is 30.2 Å². The molecule has 0 spiro atoms. The first-order valence-corrected chi connectivity index (χ1v) is 10.5. The molecule has 1 amide bonds. The molecular formula is C22H34N4O3. The van der Waals surface area contributed by atoms with Crippen LogP contribution in [0.15, 0.2) is 29.3 Å². The lowest BCUT2D eigenvalue weighted by Crippen LogP contribution is -2.47. The van der Waals surface area contributed by atoms with Crippen molar-refractivity contribution in [3.63, 3.8) is 0 Å². The molecule has 3 rings (SSSR count). The zero-order valence-electron chi connectivity index (χ0n) is 18.0. The third kappa shape index (κ3) is 6.10. The molecule has 0 aromatic heterocycles.